The number of hydrogen-bond donors (Lipinski definition) is 0. The highest BCUT2D eigenvalue weighted by molar-refractivity contribution is 7.86. The first-order valence-corrected chi connectivity index (χ1v) is 10.9. The minimum atomic E-state index is -3.73. The molecule has 0 atom stereocenters. The van der Waals surface area contributed by atoms with Crippen LogP contribution >= 0.6 is 0 Å². The van der Waals surface area contributed by atoms with Crippen LogP contribution < -0.4 is 0 Å². The van der Waals surface area contributed by atoms with E-state index in [1.165, 1.54) is 12.1 Å². The summed E-state index contributed by atoms with van der Waals surface area (Å²) in [4.78, 5) is 0.133. The average Bonchev–Trinajstić information content (AvgIpc) is 2.75. The van der Waals surface area contributed by atoms with Gasteiger partial charge in [-0.25, -0.2) is 0 Å². The van der Waals surface area contributed by atoms with Gasteiger partial charge in [0, 0.05) is 0 Å². The van der Waals surface area contributed by atoms with Crippen LogP contribution in [0.25, 0.3) is 0 Å². The second kappa shape index (κ2) is 14.2. The molecule has 0 fully saturated rings. The molecule has 2 aromatic rings. The Balaban J connectivity index is 1.35. The van der Waals surface area contributed by atoms with Crippen LogP contribution in [-0.4, -0.2) is 61.3 Å². The molecule has 0 spiro atoms. The lowest BCUT2D eigenvalue weighted by Gasteiger charge is -2.08. The maximum Gasteiger partial charge on any atom is 0.297 e. The van der Waals surface area contributed by atoms with E-state index < -0.39 is 10.1 Å². The van der Waals surface area contributed by atoms with Crippen LogP contribution in [0.1, 0.15) is 5.56 Å². The predicted molar refractivity (Wildman–Crippen MR) is 108 cm³/mol. The Morgan fingerprint density at radius 1 is 0.552 bits per heavy atom. The normalized spacial score (nSPS) is 11.6. The van der Waals surface area contributed by atoms with Crippen LogP contribution in [0.15, 0.2) is 65.6 Å². The minimum absolute atomic E-state index is 0.0384. The fourth-order valence-electron chi connectivity index (χ4n) is 2.28. The van der Waals surface area contributed by atoms with Gasteiger partial charge in [0.15, 0.2) is 0 Å². The van der Waals surface area contributed by atoms with Crippen molar-refractivity contribution in [1.82, 2.24) is 0 Å². The van der Waals surface area contributed by atoms with Crippen LogP contribution in [0.4, 0.5) is 0 Å². The van der Waals surface area contributed by atoms with E-state index in [9.17, 15) is 8.42 Å². The molecule has 0 aromatic heterocycles. The molecule has 29 heavy (non-hydrogen) atoms. The molecule has 0 aliphatic heterocycles. The summed E-state index contributed by atoms with van der Waals surface area (Å²) >= 11 is 0. The van der Waals surface area contributed by atoms with Crippen LogP contribution in [0.2, 0.25) is 0 Å². The second-order valence-corrected chi connectivity index (χ2v) is 7.58. The highest BCUT2D eigenvalue weighted by Crippen LogP contribution is 2.10. The van der Waals surface area contributed by atoms with Gasteiger partial charge in [-0.2, -0.15) is 8.42 Å². The van der Waals surface area contributed by atoms with Gasteiger partial charge in [0.1, 0.15) is 0 Å². The van der Waals surface area contributed by atoms with Crippen molar-refractivity contribution in [2.45, 2.75) is 11.5 Å². The van der Waals surface area contributed by atoms with E-state index in [4.69, 9.17) is 23.1 Å². The molecule has 0 N–H and O–H groups in total. The Morgan fingerprint density at radius 3 is 1.55 bits per heavy atom. The summed E-state index contributed by atoms with van der Waals surface area (Å²) in [5.74, 6) is 0. The van der Waals surface area contributed by atoms with E-state index in [1.54, 1.807) is 18.2 Å². The van der Waals surface area contributed by atoms with Crippen molar-refractivity contribution in [2.24, 2.45) is 0 Å². The van der Waals surface area contributed by atoms with E-state index in [-0.39, 0.29) is 18.1 Å². The van der Waals surface area contributed by atoms with Crippen LogP contribution in [0.3, 0.4) is 0 Å². The summed E-state index contributed by atoms with van der Waals surface area (Å²) in [7, 11) is -3.73. The molecule has 7 nitrogen and oxygen atoms in total. The number of benzene rings is 2. The van der Waals surface area contributed by atoms with Gasteiger partial charge in [-0.15, -0.1) is 0 Å². The highest BCUT2D eigenvalue weighted by Gasteiger charge is 2.13. The molecule has 0 aliphatic carbocycles. The Morgan fingerprint density at radius 2 is 1.00 bits per heavy atom. The maximum absolute atomic E-state index is 11.9. The summed E-state index contributed by atoms with van der Waals surface area (Å²) in [6, 6.07) is 18.0. The summed E-state index contributed by atoms with van der Waals surface area (Å²) in [6.45, 7) is 3.45. The molecule has 160 valence electrons. The van der Waals surface area contributed by atoms with Crippen molar-refractivity contribution < 1.29 is 31.5 Å². The van der Waals surface area contributed by atoms with Crippen molar-refractivity contribution >= 4 is 10.1 Å². The topological polar surface area (TPSA) is 80.3 Å². The average molecular weight is 425 g/mol. The van der Waals surface area contributed by atoms with Gasteiger partial charge in [-0.3, -0.25) is 4.18 Å². The maximum atomic E-state index is 11.9. The summed E-state index contributed by atoms with van der Waals surface area (Å²) < 4.78 is 50.3. The van der Waals surface area contributed by atoms with Crippen molar-refractivity contribution in [3.8, 4) is 0 Å². The van der Waals surface area contributed by atoms with Crippen molar-refractivity contribution in [3.05, 3.63) is 66.2 Å². The molecular formula is C21H28O7S. The van der Waals surface area contributed by atoms with Crippen molar-refractivity contribution in [2.75, 3.05) is 52.9 Å². The zero-order valence-corrected chi connectivity index (χ0v) is 17.2. The van der Waals surface area contributed by atoms with Gasteiger partial charge >= 0.3 is 0 Å². The van der Waals surface area contributed by atoms with Gasteiger partial charge in [0.2, 0.25) is 0 Å². The number of ether oxygens (including phenoxy) is 4. The molecule has 0 saturated carbocycles. The van der Waals surface area contributed by atoms with E-state index >= 15 is 0 Å². The third-order valence-electron chi connectivity index (χ3n) is 3.73. The van der Waals surface area contributed by atoms with E-state index in [0.717, 1.165) is 5.56 Å². The summed E-state index contributed by atoms with van der Waals surface area (Å²) in [5, 5.41) is 0. The lowest BCUT2D eigenvalue weighted by atomic mass is 10.2. The Labute approximate surface area is 172 Å². The Hall–Kier alpha value is -1.81. The van der Waals surface area contributed by atoms with E-state index in [1.807, 2.05) is 30.3 Å². The predicted octanol–water partition coefficient (Wildman–Crippen LogP) is 2.66. The highest BCUT2D eigenvalue weighted by atomic mass is 32.2. The molecule has 0 bridgehead atoms. The Kier molecular flexibility index (Phi) is 11.5. The first-order chi connectivity index (χ1) is 14.2. The van der Waals surface area contributed by atoms with Crippen LogP contribution in [-0.2, 0) is 39.9 Å². The standard InChI is InChI=1S/C21H28O7S/c22-29(23,21-9-5-2-6-10-21)28-18-17-26-14-13-24-11-12-25-15-16-27-19-20-7-3-1-4-8-20/h1-10H,11-19H2. The quantitative estimate of drug-likeness (QED) is 0.303. The molecular weight excluding hydrogens is 396 g/mol. The zero-order valence-electron chi connectivity index (χ0n) is 16.4. The zero-order chi connectivity index (χ0) is 20.6. The molecule has 0 saturated heterocycles. The minimum Gasteiger partial charge on any atom is -0.377 e. The van der Waals surface area contributed by atoms with E-state index in [2.05, 4.69) is 0 Å². The van der Waals surface area contributed by atoms with Gasteiger partial charge in [0.25, 0.3) is 10.1 Å². The summed E-state index contributed by atoms with van der Waals surface area (Å²) in [6.07, 6.45) is 0. The fraction of sp³-hybridized carbons (Fsp3) is 0.429. The van der Waals surface area contributed by atoms with Gasteiger partial charge in [0.05, 0.1) is 64.4 Å². The first-order valence-electron chi connectivity index (χ1n) is 9.48. The Bertz CT molecular complexity index is 751. The lowest BCUT2D eigenvalue weighted by molar-refractivity contribution is -0.00642. The molecule has 0 radical (unpaired) electrons. The van der Waals surface area contributed by atoms with Gasteiger partial charge in [-0.1, -0.05) is 48.5 Å². The number of hydrogen-bond acceptors (Lipinski definition) is 7. The van der Waals surface area contributed by atoms with Gasteiger partial charge < -0.3 is 18.9 Å². The second-order valence-electron chi connectivity index (χ2n) is 5.96. The molecule has 2 rings (SSSR count). The molecule has 0 amide bonds. The third kappa shape index (κ3) is 10.5. The third-order valence-corrected chi connectivity index (χ3v) is 5.05. The molecule has 8 heteroatoms. The monoisotopic (exact) mass is 424 g/mol. The first kappa shape index (κ1) is 23.5. The SMILES string of the molecule is O=S(=O)(OCCOCCOCCOCCOCc1ccccc1)c1ccccc1. The van der Waals surface area contributed by atoms with Crippen molar-refractivity contribution in [1.29, 1.82) is 0 Å². The largest absolute Gasteiger partial charge is 0.377 e. The number of rotatable bonds is 16. The van der Waals surface area contributed by atoms with Crippen LogP contribution in [0, 0.1) is 0 Å². The van der Waals surface area contributed by atoms with Crippen LogP contribution in [0.5, 0.6) is 0 Å². The molecule has 0 heterocycles. The van der Waals surface area contributed by atoms with Gasteiger partial charge in [-0.05, 0) is 17.7 Å². The van der Waals surface area contributed by atoms with Crippen molar-refractivity contribution in [3.63, 3.8) is 0 Å². The molecule has 0 aliphatic rings. The fourth-order valence-corrected chi connectivity index (χ4v) is 3.20. The molecule has 0 unspecified atom stereocenters. The smallest absolute Gasteiger partial charge is 0.297 e. The van der Waals surface area contributed by atoms with E-state index in [0.29, 0.717) is 46.2 Å². The molecule has 2 aromatic carbocycles. The summed E-state index contributed by atoms with van der Waals surface area (Å²) in [5.41, 5.74) is 1.14. The lowest BCUT2D eigenvalue weighted by Crippen LogP contribution is -2.15.